The van der Waals surface area contributed by atoms with E-state index in [9.17, 15) is 0 Å². The minimum Gasteiger partial charge on any atom is -0.261 e. The van der Waals surface area contributed by atoms with Crippen molar-refractivity contribution in [2.75, 3.05) is 5.43 Å². The highest BCUT2D eigenvalue weighted by Crippen LogP contribution is 2.14. The third-order valence-electron chi connectivity index (χ3n) is 3.03. The van der Waals surface area contributed by atoms with E-state index in [1.165, 1.54) is 0 Å². The topological polar surface area (TPSA) is 37.3 Å². The van der Waals surface area contributed by atoms with Crippen LogP contribution in [0.1, 0.15) is 5.56 Å². The highest BCUT2D eigenvalue weighted by molar-refractivity contribution is 5.81. The molecule has 0 atom stereocenters. The van der Waals surface area contributed by atoms with E-state index in [4.69, 9.17) is 0 Å². The van der Waals surface area contributed by atoms with Crippen molar-refractivity contribution in [1.29, 1.82) is 0 Å². The molecule has 0 fully saturated rings. The van der Waals surface area contributed by atoms with Crippen molar-refractivity contribution in [3.8, 4) is 0 Å². The maximum Gasteiger partial charge on any atom is 0.146 e. The smallest absolute Gasteiger partial charge is 0.146 e. The van der Waals surface area contributed by atoms with E-state index in [2.05, 4.69) is 15.5 Å². The second kappa shape index (κ2) is 6.48. The predicted molar refractivity (Wildman–Crippen MR) is 89.3 cm³/mol. The second-order valence-electron chi connectivity index (χ2n) is 4.55. The molecular formula is C18H15N3. The Morgan fingerprint density at radius 1 is 0.857 bits per heavy atom. The van der Waals surface area contributed by atoms with Gasteiger partial charge in [0.25, 0.3) is 0 Å². The standard InChI is InChI=1S/C18H15N3/c1-2-7-15(8-3-1)9-6-14-19-21-18-13-12-16-10-4-5-11-17(16)20-18/h1-14H,(H,20,21)/b9-6-,19-14-. The average Bonchev–Trinajstić information content (AvgIpc) is 2.55. The molecule has 3 aromatic rings. The van der Waals surface area contributed by atoms with Gasteiger partial charge in [-0.3, -0.25) is 5.43 Å². The number of aromatic nitrogens is 1. The summed E-state index contributed by atoms with van der Waals surface area (Å²) < 4.78 is 0. The Labute approximate surface area is 123 Å². The fourth-order valence-corrected chi connectivity index (χ4v) is 1.99. The Bertz CT molecular complexity index is 777. The SMILES string of the molecule is C(=C/c1ccccc1)/C=N\Nc1ccc2ccccc2n1. The van der Waals surface area contributed by atoms with Gasteiger partial charge in [-0.2, -0.15) is 5.10 Å². The summed E-state index contributed by atoms with van der Waals surface area (Å²) in [6.07, 6.45) is 5.60. The van der Waals surface area contributed by atoms with Crippen LogP contribution in [-0.2, 0) is 0 Å². The van der Waals surface area contributed by atoms with Crippen molar-refractivity contribution in [2.24, 2.45) is 5.10 Å². The number of anilines is 1. The molecule has 3 rings (SSSR count). The van der Waals surface area contributed by atoms with Crippen LogP contribution in [0.2, 0.25) is 0 Å². The maximum atomic E-state index is 4.48. The quantitative estimate of drug-likeness (QED) is 0.567. The number of nitrogens with zero attached hydrogens (tertiary/aromatic N) is 2. The molecule has 0 aliphatic rings. The first-order chi connectivity index (χ1) is 10.4. The maximum absolute atomic E-state index is 4.48. The molecule has 0 saturated heterocycles. The van der Waals surface area contributed by atoms with E-state index in [0.717, 1.165) is 22.3 Å². The number of pyridine rings is 1. The van der Waals surface area contributed by atoms with Crippen molar-refractivity contribution in [3.63, 3.8) is 0 Å². The van der Waals surface area contributed by atoms with E-state index < -0.39 is 0 Å². The van der Waals surface area contributed by atoms with Crippen LogP contribution in [0.3, 0.4) is 0 Å². The summed E-state index contributed by atoms with van der Waals surface area (Å²) in [5, 5.41) is 5.26. The van der Waals surface area contributed by atoms with Gasteiger partial charge in [0.1, 0.15) is 5.82 Å². The number of allylic oxidation sites excluding steroid dienone is 1. The molecule has 21 heavy (non-hydrogen) atoms. The van der Waals surface area contributed by atoms with Crippen molar-refractivity contribution in [1.82, 2.24) is 4.98 Å². The van der Waals surface area contributed by atoms with Crippen LogP contribution in [0.25, 0.3) is 17.0 Å². The number of nitrogens with one attached hydrogen (secondary N) is 1. The lowest BCUT2D eigenvalue weighted by atomic mass is 10.2. The second-order valence-corrected chi connectivity index (χ2v) is 4.55. The zero-order valence-electron chi connectivity index (χ0n) is 11.5. The molecule has 0 bridgehead atoms. The number of hydrogen-bond donors (Lipinski definition) is 1. The summed E-state index contributed by atoms with van der Waals surface area (Å²) in [5.74, 6) is 0.734. The Morgan fingerprint density at radius 2 is 1.67 bits per heavy atom. The van der Waals surface area contributed by atoms with E-state index >= 15 is 0 Å². The highest BCUT2D eigenvalue weighted by Gasteiger charge is 1.95. The van der Waals surface area contributed by atoms with E-state index in [1.807, 2.05) is 78.9 Å². The number of hydrogen-bond acceptors (Lipinski definition) is 3. The molecule has 1 aromatic heterocycles. The Kier molecular flexibility index (Phi) is 4.03. The van der Waals surface area contributed by atoms with Crippen LogP contribution < -0.4 is 5.43 Å². The van der Waals surface area contributed by atoms with Gasteiger partial charge < -0.3 is 0 Å². The van der Waals surface area contributed by atoms with E-state index in [1.54, 1.807) is 6.21 Å². The molecule has 3 nitrogen and oxygen atoms in total. The molecule has 1 N–H and O–H groups in total. The summed E-state index contributed by atoms with van der Waals surface area (Å²) in [5.41, 5.74) is 5.03. The molecule has 0 spiro atoms. The van der Waals surface area contributed by atoms with Crippen LogP contribution in [0.4, 0.5) is 5.82 Å². The largest absolute Gasteiger partial charge is 0.261 e. The first-order valence-corrected chi connectivity index (χ1v) is 6.78. The molecule has 3 heteroatoms. The molecule has 0 unspecified atom stereocenters. The lowest BCUT2D eigenvalue weighted by Crippen LogP contribution is -1.92. The van der Waals surface area contributed by atoms with Crippen LogP contribution in [0, 0.1) is 0 Å². The predicted octanol–water partition coefficient (Wildman–Crippen LogP) is 4.35. The minimum absolute atomic E-state index is 0.734. The summed E-state index contributed by atoms with van der Waals surface area (Å²) in [7, 11) is 0. The van der Waals surface area contributed by atoms with Gasteiger partial charge >= 0.3 is 0 Å². The monoisotopic (exact) mass is 273 g/mol. The Hall–Kier alpha value is -2.94. The van der Waals surface area contributed by atoms with Crippen LogP contribution in [0.15, 0.2) is 77.9 Å². The average molecular weight is 273 g/mol. The highest BCUT2D eigenvalue weighted by atomic mass is 15.3. The fourth-order valence-electron chi connectivity index (χ4n) is 1.99. The number of rotatable bonds is 4. The molecule has 102 valence electrons. The normalized spacial score (nSPS) is 11.4. The third-order valence-corrected chi connectivity index (χ3v) is 3.03. The number of fused-ring (bicyclic) bond motifs is 1. The van der Waals surface area contributed by atoms with Gasteiger partial charge in [-0.25, -0.2) is 4.98 Å². The zero-order chi connectivity index (χ0) is 14.3. The molecular weight excluding hydrogens is 258 g/mol. The van der Waals surface area contributed by atoms with Gasteiger partial charge in [0, 0.05) is 11.6 Å². The lowest BCUT2D eigenvalue weighted by Gasteiger charge is -2.01. The summed E-state index contributed by atoms with van der Waals surface area (Å²) in [4.78, 5) is 4.48. The third kappa shape index (κ3) is 3.54. The van der Waals surface area contributed by atoms with Gasteiger partial charge in [-0.1, -0.05) is 54.6 Å². The number of hydrazone groups is 1. The van der Waals surface area contributed by atoms with Crippen molar-refractivity contribution in [3.05, 3.63) is 78.4 Å². The summed E-state index contributed by atoms with van der Waals surface area (Å²) in [6, 6.07) is 22.1. The Morgan fingerprint density at radius 3 is 2.57 bits per heavy atom. The van der Waals surface area contributed by atoms with Crippen LogP contribution >= 0.6 is 0 Å². The first kappa shape index (κ1) is 13.1. The molecule has 0 radical (unpaired) electrons. The summed E-state index contributed by atoms with van der Waals surface area (Å²) in [6.45, 7) is 0. The van der Waals surface area contributed by atoms with E-state index in [0.29, 0.717) is 0 Å². The van der Waals surface area contributed by atoms with Crippen molar-refractivity contribution in [2.45, 2.75) is 0 Å². The van der Waals surface area contributed by atoms with Gasteiger partial charge in [0.2, 0.25) is 0 Å². The minimum atomic E-state index is 0.734. The molecule has 0 amide bonds. The zero-order valence-corrected chi connectivity index (χ0v) is 11.5. The van der Waals surface area contributed by atoms with Crippen LogP contribution in [0.5, 0.6) is 0 Å². The van der Waals surface area contributed by atoms with Gasteiger partial charge in [-0.05, 0) is 29.8 Å². The molecule has 0 aliphatic heterocycles. The fraction of sp³-hybridized carbons (Fsp3) is 0. The number of para-hydroxylation sites is 1. The molecule has 2 aromatic carbocycles. The first-order valence-electron chi connectivity index (χ1n) is 6.78. The lowest BCUT2D eigenvalue weighted by molar-refractivity contribution is 1.27. The van der Waals surface area contributed by atoms with Gasteiger partial charge in [-0.15, -0.1) is 0 Å². The molecule has 0 aliphatic carbocycles. The van der Waals surface area contributed by atoms with Gasteiger partial charge in [0.05, 0.1) is 5.52 Å². The molecule has 1 heterocycles. The summed E-state index contributed by atoms with van der Waals surface area (Å²) >= 11 is 0. The van der Waals surface area contributed by atoms with Crippen molar-refractivity contribution >= 4 is 29.0 Å². The van der Waals surface area contributed by atoms with Gasteiger partial charge in [0.15, 0.2) is 0 Å². The van der Waals surface area contributed by atoms with Crippen LogP contribution in [-0.4, -0.2) is 11.2 Å². The molecule has 0 saturated carbocycles. The number of benzene rings is 2. The van der Waals surface area contributed by atoms with E-state index in [-0.39, 0.29) is 0 Å². The van der Waals surface area contributed by atoms with Crippen molar-refractivity contribution < 1.29 is 0 Å². The Balaban J connectivity index is 1.63.